The van der Waals surface area contributed by atoms with E-state index in [0.29, 0.717) is 23.8 Å². The third kappa shape index (κ3) is 5.88. The summed E-state index contributed by atoms with van der Waals surface area (Å²) in [6.45, 7) is 4.55. The molecule has 1 aliphatic rings. The van der Waals surface area contributed by atoms with Gasteiger partial charge >= 0.3 is 5.97 Å². The van der Waals surface area contributed by atoms with E-state index in [-0.39, 0.29) is 18.9 Å². The molecule has 1 aliphatic heterocycles. The highest BCUT2D eigenvalue weighted by molar-refractivity contribution is 7.18. The Labute approximate surface area is 209 Å². The first-order valence-electron chi connectivity index (χ1n) is 11.5. The average Bonchev–Trinajstić information content (AvgIpc) is 3.36. The number of hydrogen-bond acceptors (Lipinski definition) is 7. The summed E-state index contributed by atoms with van der Waals surface area (Å²) >= 11 is 1.37. The lowest BCUT2D eigenvalue weighted by atomic mass is 10.1. The summed E-state index contributed by atoms with van der Waals surface area (Å²) in [5.74, 6) is -0.908. The third-order valence-corrected chi connectivity index (χ3v) is 6.89. The van der Waals surface area contributed by atoms with Crippen molar-refractivity contribution < 1.29 is 19.1 Å². The average molecular weight is 490 g/mol. The van der Waals surface area contributed by atoms with Crippen LogP contribution in [0.25, 0.3) is 11.1 Å². The van der Waals surface area contributed by atoms with E-state index in [9.17, 15) is 9.59 Å². The van der Waals surface area contributed by atoms with Crippen LogP contribution >= 0.6 is 11.3 Å². The number of carbonyl (C=O) groups is 2. The zero-order valence-electron chi connectivity index (χ0n) is 19.6. The van der Waals surface area contributed by atoms with Gasteiger partial charge in [0.25, 0.3) is 5.91 Å². The van der Waals surface area contributed by atoms with Crippen molar-refractivity contribution in [3.8, 4) is 17.2 Å². The molecule has 1 aromatic heterocycles. The predicted molar refractivity (Wildman–Crippen MR) is 137 cm³/mol. The van der Waals surface area contributed by atoms with Crippen LogP contribution in [0.15, 0.2) is 66.7 Å². The van der Waals surface area contributed by atoms with E-state index in [0.717, 1.165) is 29.2 Å². The Morgan fingerprint density at radius 1 is 1.11 bits per heavy atom. The molecule has 1 atom stereocenters. The Balaban J connectivity index is 1.55. The van der Waals surface area contributed by atoms with Crippen molar-refractivity contribution in [2.24, 2.45) is 0 Å². The van der Waals surface area contributed by atoms with Gasteiger partial charge in [-0.15, -0.1) is 11.3 Å². The molecule has 2 aromatic carbocycles. The number of anilines is 2. The molecule has 7 nitrogen and oxygen atoms in total. The molecule has 1 fully saturated rings. The fraction of sp³-hybridized carbons (Fsp3) is 0.296. The summed E-state index contributed by atoms with van der Waals surface area (Å²) in [6.07, 6.45) is -0.828. The van der Waals surface area contributed by atoms with Crippen molar-refractivity contribution in [2.45, 2.75) is 19.4 Å². The number of nitriles is 1. The lowest BCUT2D eigenvalue weighted by Gasteiger charge is -2.28. The van der Waals surface area contributed by atoms with Gasteiger partial charge in [0, 0.05) is 30.9 Å². The smallest absolute Gasteiger partial charge is 0.349 e. The zero-order chi connectivity index (χ0) is 24.6. The second-order valence-electron chi connectivity index (χ2n) is 8.08. The first kappa shape index (κ1) is 24.5. The second-order valence-corrected chi connectivity index (χ2v) is 9.11. The van der Waals surface area contributed by atoms with Crippen LogP contribution in [0.3, 0.4) is 0 Å². The number of thiophene rings is 1. The summed E-state index contributed by atoms with van der Waals surface area (Å²) < 4.78 is 11.1. The highest BCUT2D eigenvalue weighted by Crippen LogP contribution is 2.39. The number of morpholine rings is 1. The van der Waals surface area contributed by atoms with Crippen molar-refractivity contribution in [3.63, 3.8) is 0 Å². The molecular weight excluding hydrogens is 462 g/mol. The number of rotatable bonds is 8. The largest absolute Gasteiger partial charge is 0.448 e. The molecule has 8 heteroatoms. The summed E-state index contributed by atoms with van der Waals surface area (Å²) in [4.78, 5) is 30.5. The highest BCUT2D eigenvalue weighted by atomic mass is 32.1. The first-order valence-corrected chi connectivity index (χ1v) is 12.4. The predicted octanol–water partition coefficient (Wildman–Crippen LogP) is 4.74. The number of para-hydroxylation sites is 1. The maximum Gasteiger partial charge on any atom is 0.349 e. The van der Waals surface area contributed by atoms with E-state index in [1.165, 1.54) is 16.2 Å². The summed E-state index contributed by atoms with van der Waals surface area (Å²) in [7, 11) is 0. The van der Waals surface area contributed by atoms with E-state index in [1.54, 1.807) is 19.1 Å². The SMILES string of the molecule is CC(OC(=O)c1cc(-c2ccccc2)c(N2CCOCC2)s1)C(=O)N(CCC#N)c1ccccc1. The van der Waals surface area contributed by atoms with Crippen LogP contribution in [0.4, 0.5) is 10.7 Å². The molecule has 4 rings (SSSR count). The summed E-state index contributed by atoms with van der Waals surface area (Å²) in [5, 5.41) is 10.0. The molecule has 1 amide bonds. The van der Waals surface area contributed by atoms with Gasteiger partial charge in [-0.1, -0.05) is 48.5 Å². The maximum atomic E-state index is 13.2. The highest BCUT2D eigenvalue weighted by Gasteiger charge is 2.28. The molecule has 0 aliphatic carbocycles. The normalized spacial score (nSPS) is 14.1. The van der Waals surface area contributed by atoms with Crippen LogP contribution < -0.4 is 9.80 Å². The van der Waals surface area contributed by atoms with Gasteiger partial charge in [-0.05, 0) is 30.7 Å². The lowest BCUT2D eigenvalue weighted by Crippen LogP contribution is -2.40. The fourth-order valence-electron chi connectivity index (χ4n) is 3.93. The van der Waals surface area contributed by atoms with Gasteiger partial charge in [0.15, 0.2) is 6.10 Å². The van der Waals surface area contributed by atoms with Crippen LogP contribution in [0.1, 0.15) is 23.0 Å². The van der Waals surface area contributed by atoms with Gasteiger partial charge in [0.05, 0.1) is 30.7 Å². The van der Waals surface area contributed by atoms with E-state index in [4.69, 9.17) is 14.7 Å². The molecule has 180 valence electrons. The number of esters is 1. The van der Waals surface area contributed by atoms with Gasteiger partial charge in [-0.2, -0.15) is 5.26 Å². The van der Waals surface area contributed by atoms with Crippen LogP contribution in [0, 0.1) is 11.3 Å². The molecular formula is C27H27N3O4S. The number of ether oxygens (including phenoxy) is 2. The Kier molecular flexibility index (Phi) is 8.14. The van der Waals surface area contributed by atoms with Crippen molar-refractivity contribution in [1.29, 1.82) is 5.26 Å². The Hall–Kier alpha value is -3.67. The summed E-state index contributed by atoms with van der Waals surface area (Å²) in [6, 6.07) is 22.9. The Morgan fingerprint density at radius 2 is 1.77 bits per heavy atom. The molecule has 1 unspecified atom stereocenters. The molecule has 3 aromatic rings. The van der Waals surface area contributed by atoms with Gasteiger partial charge in [0.1, 0.15) is 4.88 Å². The van der Waals surface area contributed by atoms with E-state index < -0.39 is 12.1 Å². The van der Waals surface area contributed by atoms with Gasteiger partial charge in [0.2, 0.25) is 0 Å². The van der Waals surface area contributed by atoms with Crippen molar-refractivity contribution >= 4 is 33.9 Å². The molecule has 0 radical (unpaired) electrons. The van der Waals surface area contributed by atoms with E-state index in [1.807, 2.05) is 54.6 Å². The monoisotopic (exact) mass is 489 g/mol. The molecule has 35 heavy (non-hydrogen) atoms. The molecule has 2 heterocycles. The number of amides is 1. The number of hydrogen-bond donors (Lipinski definition) is 0. The van der Waals surface area contributed by atoms with Crippen molar-refractivity contribution in [3.05, 3.63) is 71.6 Å². The lowest BCUT2D eigenvalue weighted by molar-refractivity contribution is -0.126. The fourth-order valence-corrected chi connectivity index (χ4v) is 5.05. The Bertz CT molecular complexity index is 1180. The molecule has 1 saturated heterocycles. The minimum atomic E-state index is -1.00. The molecule has 0 spiro atoms. The Morgan fingerprint density at radius 3 is 2.43 bits per heavy atom. The van der Waals surface area contributed by atoms with Crippen LogP contribution in [-0.2, 0) is 14.3 Å². The van der Waals surface area contributed by atoms with E-state index >= 15 is 0 Å². The van der Waals surface area contributed by atoms with Gasteiger partial charge in [-0.25, -0.2) is 4.79 Å². The van der Waals surface area contributed by atoms with E-state index in [2.05, 4.69) is 11.0 Å². The number of benzene rings is 2. The maximum absolute atomic E-state index is 13.2. The minimum absolute atomic E-state index is 0.176. The van der Waals surface area contributed by atoms with Crippen LogP contribution in [0.2, 0.25) is 0 Å². The molecule has 0 saturated carbocycles. The third-order valence-electron chi connectivity index (χ3n) is 5.71. The summed E-state index contributed by atoms with van der Waals surface area (Å²) in [5.41, 5.74) is 2.64. The first-order chi connectivity index (χ1) is 17.1. The quantitative estimate of drug-likeness (QED) is 0.425. The van der Waals surface area contributed by atoms with Crippen LogP contribution in [-0.4, -0.2) is 50.8 Å². The second kappa shape index (κ2) is 11.6. The van der Waals surface area contributed by atoms with Crippen LogP contribution in [0.5, 0.6) is 0 Å². The van der Waals surface area contributed by atoms with Crippen molar-refractivity contribution in [1.82, 2.24) is 0 Å². The molecule has 0 N–H and O–H groups in total. The number of nitrogens with zero attached hydrogens (tertiary/aromatic N) is 3. The molecule has 0 bridgehead atoms. The van der Waals surface area contributed by atoms with Gasteiger partial charge < -0.3 is 19.3 Å². The standard InChI is InChI=1S/C27H27N3O4S/c1-20(25(31)30(14-8-13-28)22-11-6-3-7-12-22)34-27(32)24-19-23(21-9-4-2-5-10-21)26(35-24)29-15-17-33-18-16-29/h2-7,9-12,19-20H,8,14-18H2,1H3. The zero-order valence-corrected chi connectivity index (χ0v) is 20.4. The topological polar surface area (TPSA) is 82.9 Å². The van der Waals surface area contributed by atoms with Gasteiger partial charge in [-0.3, -0.25) is 4.79 Å². The van der Waals surface area contributed by atoms with Crippen molar-refractivity contribution in [2.75, 3.05) is 42.6 Å². The minimum Gasteiger partial charge on any atom is -0.448 e. The number of carbonyl (C=O) groups excluding carboxylic acids is 2.